The van der Waals surface area contributed by atoms with Crippen LogP contribution in [0.15, 0.2) is 42.6 Å². The molecule has 3 heterocycles. The summed E-state index contributed by atoms with van der Waals surface area (Å²) < 4.78 is 17.0. The van der Waals surface area contributed by atoms with E-state index in [2.05, 4.69) is 51.3 Å². The maximum Gasteiger partial charge on any atom is 0.402 e. The number of nitrogens with one attached hydrogen (secondary N) is 1. The molecule has 1 unspecified atom stereocenters. The van der Waals surface area contributed by atoms with Crippen LogP contribution in [0.1, 0.15) is 11.3 Å². The van der Waals surface area contributed by atoms with Crippen LogP contribution in [0.2, 0.25) is 0 Å². The number of hydrogen-bond acceptors (Lipinski definition) is 7. The summed E-state index contributed by atoms with van der Waals surface area (Å²) in [6, 6.07) is 12.5. The van der Waals surface area contributed by atoms with E-state index >= 15 is 0 Å². The van der Waals surface area contributed by atoms with Gasteiger partial charge in [0.15, 0.2) is 11.5 Å². The average molecular weight is 416 g/mol. The second kappa shape index (κ2) is 11.3. The van der Waals surface area contributed by atoms with Crippen LogP contribution in [-0.2, 0) is 17.8 Å². The Morgan fingerprint density at radius 1 is 1.20 bits per heavy atom. The van der Waals surface area contributed by atoms with Crippen LogP contribution in [0.3, 0.4) is 0 Å². The maximum absolute atomic E-state index is 8.78. The molecule has 4 N–H and O–H groups in total. The van der Waals surface area contributed by atoms with Gasteiger partial charge in [-0.15, -0.1) is 0 Å². The number of carbonyl (C=O) groups is 1. The van der Waals surface area contributed by atoms with Crippen LogP contribution >= 0.6 is 0 Å². The van der Waals surface area contributed by atoms with Gasteiger partial charge in [0.1, 0.15) is 13.2 Å². The molecule has 0 spiro atoms. The second-order valence-electron chi connectivity index (χ2n) is 7.00. The SMILES string of the molecule is NC(=O)O.c1ccc(CN2CCOC(CNCc3cc4c(cn3)OCCO4)C2)cc1. The molecule has 2 aliphatic heterocycles. The van der Waals surface area contributed by atoms with Crippen molar-refractivity contribution in [1.29, 1.82) is 0 Å². The van der Waals surface area contributed by atoms with Crippen molar-refractivity contribution in [2.75, 3.05) is 39.5 Å². The van der Waals surface area contributed by atoms with Gasteiger partial charge in [-0.05, 0) is 5.56 Å². The topological polar surface area (TPSA) is 119 Å². The van der Waals surface area contributed by atoms with Crippen molar-refractivity contribution in [3.8, 4) is 11.5 Å². The van der Waals surface area contributed by atoms with Crippen molar-refractivity contribution < 1.29 is 24.1 Å². The van der Waals surface area contributed by atoms with Crippen LogP contribution in [0.4, 0.5) is 4.79 Å². The number of nitrogens with two attached hydrogens (primary N) is 1. The van der Waals surface area contributed by atoms with Crippen molar-refractivity contribution in [3.63, 3.8) is 0 Å². The smallest absolute Gasteiger partial charge is 0.402 e. The minimum Gasteiger partial charge on any atom is -0.486 e. The maximum atomic E-state index is 8.78. The Bertz CT molecular complexity index is 801. The molecule has 162 valence electrons. The highest BCUT2D eigenvalue weighted by atomic mass is 16.6. The van der Waals surface area contributed by atoms with Crippen LogP contribution in [-0.4, -0.2) is 66.6 Å². The van der Waals surface area contributed by atoms with Crippen LogP contribution in [0.25, 0.3) is 0 Å². The van der Waals surface area contributed by atoms with Gasteiger partial charge in [-0.3, -0.25) is 9.88 Å². The number of ether oxygens (including phenoxy) is 3. The summed E-state index contributed by atoms with van der Waals surface area (Å²) in [5.74, 6) is 1.51. The van der Waals surface area contributed by atoms with E-state index in [1.807, 2.05) is 6.07 Å². The number of rotatable bonds is 6. The molecule has 0 aliphatic carbocycles. The fourth-order valence-corrected chi connectivity index (χ4v) is 3.34. The standard InChI is InChI=1S/C20H25N3O3.CH3NO2/c1-2-4-16(5-3-1)14-23-6-7-24-18(15-23)12-21-11-17-10-19-20(13-22-17)26-9-8-25-19;2-1(3)4/h1-5,10,13,18,21H,6-9,11-12,14-15H2;2H2,(H,3,4). The number of aromatic nitrogens is 1. The first-order chi connectivity index (χ1) is 14.6. The molecule has 1 aromatic carbocycles. The molecule has 9 heteroatoms. The minimum atomic E-state index is -1.33. The van der Waals surface area contributed by atoms with E-state index in [0.717, 1.165) is 50.0 Å². The summed E-state index contributed by atoms with van der Waals surface area (Å²) in [7, 11) is 0. The molecule has 30 heavy (non-hydrogen) atoms. The number of hydrogen-bond donors (Lipinski definition) is 3. The molecule has 4 rings (SSSR count). The number of pyridine rings is 1. The Morgan fingerprint density at radius 3 is 2.70 bits per heavy atom. The molecule has 1 atom stereocenters. The van der Waals surface area contributed by atoms with Gasteiger partial charge in [-0.1, -0.05) is 30.3 Å². The van der Waals surface area contributed by atoms with Crippen LogP contribution in [0, 0.1) is 0 Å². The number of nitrogens with zero attached hydrogens (tertiary/aromatic N) is 2. The molecule has 1 amide bonds. The second-order valence-corrected chi connectivity index (χ2v) is 7.00. The van der Waals surface area contributed by atoms with E-state index in [4.69, 9.17) is 24.1 Å². The van der Waals surface area contributed by atoms with Gasteiger partial charge in [0.2, 0.25) is 0 Å². The van der Waals surface area contributed by atoms with Gasteiger partial charge in [0.25, 0.3) is 0 Å². The third-order valence-corrected chi connectivity index (χ3v) is 4.64. The van der Waals surface area contributed by atoms with E-state index < -0.39 is 6.09 Å². The lowest BCUT2D eigenvalue weighted by Gasteiger charge is -2.33. The van der Waals surface area contributed by atoms with Gasteiger partial charge >= 0.3 is 6.09 Å². The summed E-state index contributed by atoms with van der Waals surface area (Å²) in [4.78, 5) is 15.7. The number of amides is 1. The molecule has 0 bridgehead atoms. The molecular weight excluding hydrogens is 388 g/mol. The molecule has 9 nitrogen and oxygen atoms in total. The zero-order valence-electron chi connectivity index (χ0n) is 16.8. The number of benzene rings is 1. The molecule has 2 aromatic rings. The fraction of sp³-hybridized carbons (Fsp3) is 0.429. The Balaban J connectivity index is 0.000000589. The number of fused-ring (bicyclic) bond motifs is 1. The molecular formula is C21H28N4O5. The lowest BCUT2D eigenvalue weighted by atomic mass is 10.2. The molecule has 2 aliphatic rings. The number of primary amides is 1. The first kappa shape index (κ1) is 21.8. The van der Waals surface area contributed by atoms with Crippen molar-refractivity contribution in [3.05, 3.63) is 53.9 Å². The predicted molar refractivity (Wildman–Crippen MR) is 111 cm³/mol. The average Bonchev–Trinajstić information content (AvgIpc) is 2.74. The minimum absolute atomic E-state index is 0.199. The van der Waals surface area contributed by atoms with Crippen molar-refractivity contribution in [1.82, 2.24) is 15.2 Å². The highest BCUT2D eigenvalue weighted by Crippen LogP contribution is 2.29. The van der Waals surface area contributed by atoms with E-state index in [1.165, 1.54) is 5.56 Å². The normalized spacial score (nSPS) is 18.2. The first-order valence-corrected chi connectivity index (χ1v) is 9.91. The molecule has 1 aromatic heterocycles. The zero-order chi connectivity index (χ0) is 21.2. The van der Waals surface area contributed by atoms with Gasteiger partial charge in [-0.2, -0.15) is 0 Å². The highest BCUT2D eigenvalue weighted by Gasteiger charge is 2.20. The van der Waals surface area contributed by atoms with Crippen molar-refractivity contribution in [2.45, 2.75) is 19.2 Å². The summed E-state index contributed by atoms with van der Waals surface area (Å²) in [5.41, 5.74) is 6.33. The molecule has 0 radical (unpaired) electrons. The Labute approximate surface area is 175 Å². The van der Waals surface area contributed by atoms with Gasteiger partial charge < -0.3 is 30.4 Å². The lowest BCUT2D eigenvalue weighted by molar-refractivity contribution is -0.0300. The van der Waals surface area contributed by atoms with Crippen LogP contribution in [0.5, 0.6) is 11.5 Å². The number of carboxylic acid groups (broad SMARTS) is 1. The predicted octanol–water partition coefficient (Wildman–Crippen LogP) is 1.47. The summed E-state index contributed by atoms with van der Waals surface area (Å²) >= 11 is 0. The Hall–Kier alpha value is -2.88. The third-order valence-electron chi connectivity index (χ3n) is 4.64. The van der Waals surface area contributed by atoms with E-state index in [-0.39, 0.29) is 6.10 Å². The van der Waals surface area contributed by atoms with Crippen LogP contribution < -0.4 is 20.5 Å². The Kier molecular flexibility index (Phi) is 8.25. The molecule has 1 fully saturated rings. The lowest BCUT2D eigenvalue weighted by Crippen LogP contribution is -2.46. The van der Waals surface area contributed by atoms with E-state index in [9.17, 15) is 0 Å². The Morgan fingerprint density at radius 2 is 1.93 bits per heavy atom. The monoisotopic (exact) mass is 416 g/mol. The zero-order valence-corrected chi connectivity index (χ0v) is 16.8. The summed E-state index contributed by atoms with van der Waals surface area (Å²) in [6.45, 7) is 6.36. The van der Waals surface area contributed by atoms with Gasteiger partial charge in [0.05, 0.1) is 24.6 Å². The first-order valence-electron chi connectivity index (χ1n) is 9.91. The highest BCUT2D eigenvalue weighted by molar-refractivity contribution is 5.61. The van der Waals surface area contributed by atoms with Crippen molar-refractivity contribution >= 4 is 6.09 Å². The largest absolute Gasteiger partial charge is 0.486 e. The summed E-state index contributed by atoms with van der Waals surface area (Å²) in [6.07, 6.45) is 0.606. The van der Waals surface area contributed by atoms with Crippen molar-refractivity contribution in [2.24, 2.45) is 5.73 Å². The van der Waals surface area contributed by atoms with E-state index in [0.29, 0.717) is 19.8 Å². The van der Waals surface area contributed by atoms with E-state index in [1.54, 1.807) is 6.20 Å². The van der Waals surface area contributed by atoms with Gasteiger partial charge in [-0.25, -0.2) is 4.79 Å². The molecule has 0 saturated carbocycles. The van der Waals surface area contributed by atoms with Gasteiger partial charge in [0, 0.05) is 38.8 Å². The number of morpholine rings is 1. The third kappa shape index (κ3) is 7.18. The molecule has 1 saturated heterocycles. The summed E-state index contributed by atoms with van der Waals surface area (Å²) in [5, 5.41) is 10.6. The quantitative estimate of drug-likeness (QED) is 0.648. The fourth-order valence-electron chi connectivity index (χ4n) is 3.34.